The molecule has 0 aromatic heterocycles. The summed E-state index contributed by atoms with van der Waals surface area (Å²) in [4.78, 5) is 10.2. The Morgan fingerprint density at radius 1 is 0.615 bits per heavy atom. The summed E-state index contributed by atoms with van der Waals surface area (Å²) in [5.74, 6) is -0.936. The van der Waals surface area contributed by atoms with Crippen molar-refractivity contribution in [3.05, 3.63) is 72.9 Å². The lowest BCUT2D eigenvalue weighted by molar-refractivity contribution is -0.131. The van der Waals surface area contributed by atoms with Gasteiger partial charge in [0.05, 0.1) is 0 Å². The standard InChI is InChI=1S/C24H36O2/c1-2-3-4-5-6-7-8-9-10-11-12-13-14-15-16-17-18-19-20-21-22-23-24(25)26/h12-23H,2-11H2,1H3,(H,25,26). The lowest BCUT2D eigenvalue weighted by Gasteiger charge is -2.00. The van der Waals surface area contributed by atoms with E-state index >= 15 is 0 Å². The van der Waals surface area contributed by atoms with Crippen LogP contribution in [0.2, 0.25) is 0 Å². The number of carbonyl (C=O) groups is 1. The Hall–Kier alpha value is -2.09. The van der Waals surface area contributed by atoms with E-state index in [1.807, 2.05) is 36.5 Å². The van der Waals surface area contributed by atoms with Gasteiger partial charge in [0.2, 0.25) is 0 Å². The molecule has 0 amide bonds. The van der Waals surface area contributed by atoms with Crippen LogP contribution in [0.4, 0.5) is 0 Å². The molecule has 0 fully saturated rings. The summed E-state index contributed by atoms with van der Waals surface area (Å²) in [7, 11) is 0. The second-order valence-electron chi connectivity index (χ2n) is 6.28. The highest BCUT2D eigenvalue weighted by molar-refractivity contribution is 5.80. The Bertz CT molecular complexity index is 490. The van der Waals surface area contributed by atoms with Crippen LogP contribution in [0.3, 0.4) is 0 Å². The van der Waals surface area contributed by atoms with Gasteiger partial charge in [0.15, 0.2) is 0 Å². The van der Waals surface area contributed by atoms with Crippen molar-refractivity contribution in [3.63, 3.8) is 0 Å². The summed E-state index contributed by atoms with van der Waals surface area (Å²) in [5, 5.41) is 8.41. The lowest BCUT2D eigenvalue weighted by atomic mass is 10.1. The number of carboxylic acids is 1. The maximum atomic E-state index is 10.2. The molecular formula is C24H36O2. The summed E-state index contributed by atoms with van der Waals surface area (Å²) < 4.78 is 0. The first-order valence-corrected chi connectivity index (χ1v) is 10.00. The zero-order valence-electron chi connectivity index (χ0n) is 16.4. The van der Waals surface area contributed by atoms with Crippen molar-refractivity contribution >= 4 is 5.97 Å². The van der Waals surface area contributed by atoms with Crippen LogP contribution in [0, 0.1) is 0 Å². The van der Waals surface area contributed by atoms with Crippen molar-refractivity contribution in [1.29, 1.82) is 0 Å². The van der Waals surface area contributed by atoms with Gasteiger partial charge in [-0.3, -0.25) is 0 Å². The fourth-order valence-corrected chi connectivity index (χ4v) is 2.40. The molecule has 0 atom stereocenters. The Morgan fingerprint density at radius 2 is 1.04 bits per heavy atom. The van der Waals surface area contributed by atoms with Gasteiger partial charge in [0, 0.05) is 6.08 Å². The number of allylic oxidation sites excluding steroid dienone is 11. The third kappa shape index (κ3) is 21.9. The molecule has 0 saturated heterocycles. The van der Waals surface area contributed by atoms with E-state index in [0.717, 1.165) is 6.08 Å². The molecule has 2 heteroatoms. The first-order valence-electron chi connectivity index (χ1n) is 10.00. The van der Waals surface area contributed by atoms with Crippen LogP contribution in [0.15, 0.2) is 72.9 Å². The van der Waals surface area contributed by atoms with Crippen LogP contribution >= 0.6 is 0 Å². The maximum Gasteiger partial charge on any atom is 0.328 e. The van der Waals surface area contributed by atoms with E-state index < -0.39 is 5.97 Å². The molecule has 0 aliphatic heterocycles. The number of hydrogen-bond acceptors (Lipinski definition) is 1. The number of unbranched alkanes of at least 4 members (excludes halogenated alkanes) is 9. The van der Waals surface area contributed by atoms with Gasteiger partial charge in [-0.15, -0.1) is 0 Å². The van der Waals surface area contributed by atoms with Crippen molar-refractivity contribution < 1.29 is 9.90 Å². The molecule has 0 aromatic carbocycles. The molecule has 0 aliphatic rings. The van der Waals surface area contributed by atoms with Crippen LogP contribution in [0.25, 0.3) is 0 Å². The quantitative estimate of drug-likeness (QED) is 0.178. The number of aliphatic carboxylic acids is 1. The topological polar surface area (TPSA) is 37.3 Å². The highest BCUT2D eigenvalue weighted by Gasteiger charge is 1.90. The Balaban J connectivity index is 3.51. The van der Waals surface area contributed by atoms with Gasteiger partial charge in [-0.25, -0.2) is 4.79 Å². The van der Waals surface area contributed by atoms with Crippen LogP contribution in [0.1, 0.15) is 71.1 Å². The SMILES string of the molecule is CCCCCCCCCCCC=CC=CC=CC=CC=CC=CC(=O)O. The van der Waals surface area contributed by atoms with E-state index in [9.17, 15) is 4.79 Å². The van der Waals surface area contributed by atoms with Crippen molar-refractivity contribution in [2.24, 2.45) is 0 Å². The molecule has 144 valence electrons. The normalized spacial score (nSPS) is 13.0. The van der Waals surface area contributed by atoms with E-state index in [1.165, 1.54) is 70.3 Å². The molecule has 0 aliphatic carbocycles. The second-order valence-corrected chi connectivity index (χ2v) is 6.28. The largest absolute Gasteiger partial charge is 0.478 e. The van der Waals surface area contributed by atoms with Gasteiger partial charge in [-0.1, -0.05) is 125 Å². The fourth-order valence-electron chi connectivity index (χ4n) is 2.40. The molecule has 0 spiro atoms. The van der Waals surface area contributed by atoms with Crippen molar-refractivity contribution in [3.8, 4) is 0 Å². The van der Waals surface area contributed by atoms with Gasteiger partial charge in [0.1, 0.15) is 0 Å². The Morgan fingerprint density at radius 3 is 1.54 bits per heavy atom. The summed E-state index contributed by atoms with van der Waals surface area (Å²) in [6.07, 6.45) is 35.7. The van der Waals surface area contributed by atoms with Gasteiger partial charge in [0.25, 0.3) is 0 Å². The number of rotatable bonds is 16. The Kier molecular flexibility index (Phi) is 19.3. The highest BCUT2D eigenvalue weighted by Crippen LogP contribution is 2.10. The van der Waals surface area contributed by atoms with Crippen LogP contribution in [-0.4, -0.2) is 11.1 Å². The second kappa shape index (κ2) is 21.0. The van der Waals surface area contributed by atoms with E-state index in [0.29, 0.717) is 0 Å². The molecule has 0 heterocycles. The summed E-state index contributed by atoms with van der Waals surface area (Å²) >= 11 is 0. The highest BCUT2D eigenvalue weighted by atomic mass is 16.4. The van der Waals surface area contributed by atoms with Gasteiger partial charge < -0.3 is 5.11 Å². The molecule has 0 unspecified atom stereocenters. The molecular weight excluding hydrogens is 320 g/mol. The zero-order chi connectivity index (χ0) is 19.1. The van der Waals surface area contributed by atoms with Crippen molar-refractivity contribution in [2.45, 2.75) is 71.1 Å². The molecule has 2 nitrogen and oxygen atoms in total. The predicted octanol–water partition coefficient (Wildman–Crippen LogP) is 7.33. The van der Waals surface area contributed by atoms with Crippen LogP contribution in [0.5, 0.6) is 0 Å². The summed E-state index contributed by atoms with van der Waals surface area (Å²) in [6.45, 7) is 2.27. The summed E-state index contributed by atoms with van der Waals surface area (Å²) in [6, 6.07) is 0. The van der Waals surface area contributed by atoms with E-state index in [1.54, 1.807) is 12.2 Å². The molecule has 0 radical (unpaired) electrons. The Labute approximate surface area is 160 Å². The maximum absolute atomic E-state index is 10.2. The summed E-state index contributed by atoms with van der Waals surface area (Å²) in [5.41, 5.74) is 0. The van der Waals surface area contributed by atoms with Crippen LogP contribution < -0.4 is 0 Å². The zero-order valence-corrected chi connectivity index (χ0v) is 16.4. The lowest BCUT2D eigenvalue weighted by Crippen LogP contribution is -1.84. The molecule has 0 saturated carbocycles. The van der Waals surface area contributed by atoms with Gasteiger partial charge in [-0.05, 0) is 12.8 Å². The van der Waals surface area contributed by atoms with Crippen LogP contribution in [-0.2, 0) is 4.79 Å². The van der Waals surface area contributed by atoms with Gasteiger partial charge >= 0.3 is 5.97 Å². The fraction of sp³-hybridized carbons (Fsp3) is 0.458. The predicted molar refractivity (Wildman–Crippen MR) is 114 cm³/mol. The number of carboxylic acid groups (broad SMARTS) is 1. The number of hydrogen-bond donors (Lipinski definition) is 1. The van der Waals surface area contributed by atoms with Gasteiger partial charge in [-0.2, -0.15) is 0 Å². The third-order valence-corrected chi connectivity index (χ3v) is 3.85. The minimum absolute atomic E-state index is 0.936. The molecule has 0 bridgehead atoms. The van der Waals surface area contributed by atoms with Crippen molar-refractivity contribution in [1.82, 2.24) is 0 Å². The van der Waals surface area contributed by atoms with E-state index in [-0.39, 0.29) is 0 Å². The van der Waals surface area contributed by atoms with E-state index in [4.69, 9.17) is 5.11 Å². The average Bonchev–Trinajstić information content (AvgIpc) is 2.62. The minimum atomic E-state index is -0.936. The van der Waals surface area contributed by atoms with E-state index in [2.05, 4.69) is 19.1 Å². The monoisotopic (exact) mass is 356 g/mol. The smallest absolute Gasteiger partial charge is 0.328 e. The van der Waals surface area contributed by atoms with Crippen molar-refractivity contribution in [2.75, 3.05) is 0 Å². The molecule has 26 heavy (non-hydrogen) atoms. The first-order chi connectivity index (χ1) is 12.8. The molecule has 1 N–H and O–H groups in total. The minimum Gasteiger partial charge on any atom is -0.478 e. The molecule has 0 aromatic rings. The first kappa shape index (κ1) is 23.9. The third-order valence-electron chi connectivity index (χ3n) is 3.85. The average molecular weight is 357 g/mol. The molecule has 0 rings (SSSR count).